The van der Waals surface area contributed by atoms with Crippen molar-refractivity contribution in [1.82, 2.24) is 20.4 Å². The zero-order chi connectivity index (χ0) is 15.1. The highest BCUT2D eigenvalue weighted by atomic mass is 32.2. The Morgan fingerprint density at radius 2 is 1.90 bits per heavy atom. The van der Waals surface area contributed by atoms with Crippen LogP contribution in [0.5, 0.6) is 0 Å². The number of nitrogens with one attached hydrogen (secondary N) is 1. The molecule has 0 spiro atoms. The van der Waals surface area contributed by atoms with Gasteiger partial charge in [0, 0.05) is 11.6 Å². The fraction of sp³-hybridized carbons (Fsp3) is 0. The Morgan fingerprint density at radius 3 is 2.57 bits per heavy atom. The highest BCUT2D eigenvalue weighted by Crippen LogP contribution is 2.07. The van der Waals surface area contributed by atoms with E-state index in [-0.39, 0.29) is 5.69 Å². The molecule has 9 heteroatoms. The van der Waals surface area contributed by atoms with Crippen LogP contribution in [0, 0.1) is 0 Å². The fourth-order valence-corrected chi connectivity index (χ4v) is 1.67. The molecule has 0 aliphatic heterocycles. The van der Waals surface area contributed by atoms with Crippen molar-refractivity contribution in [2.24, 2.45) is 4.36 Å². The third-order valence-electron chi connectivity index (χ3n) is 2.31. The minimum Gasteiger partial charge on any atom is -0.265 e. The van der Waals surface area contributed by atoms with Crippen molar-refractivity contribution in [1.29, 1.82) is 0 Å². The van der Waals surface area contributed by atoms with E-state index in [4.69, 9.17) is 0 Å². The molecule has 0 aliphatic carbocycles. The van der Waals surface area contributed by atoms with Crippen LogP contribution in [0.2, 0.25) is 0 Å². The summed E-state index contributed by atoms with van der Waals surface area (Å²) >= 11 is 0. The molecule has 3 rings (SSSR count). The van der Waals surface area contributed by atoms with Gasteiger partial charge in [0.1, 0.15) is 0 Å². The summed E-state index contributed by atoms with van der Waals surface area (Å²) in [6.07, 6.45) is 2.96. The largest absolute Gasteiger partial charge is 0.319 e. The number of benzene rings is 1. The van der Waals surface area contributed by atoms with E-state index in [1.54, 1.807) is 0 Å². The standard InChI is InChI=1S/C9H7N.C3H2N4O3S/c1-2-6-9-8(4-1)5-3-7-10-9;8-3(6-11(9)10)2-1-4-7-5-2/h1-7H;1H,(H,4,5,7). The molecule has 21 heavy (non-hydrogen) atoms. The van der Waals surface area contributed by atoms with Gasteiger partial charge in [0.25, 0.3) is 0 Å². The van der Waals surface area contributed by atoms with Gasteiger partial charge in [-0.15, -0.1) is 5.10 Å². The minimum absolute atomic E-state index is 0.130. The summed E-state index contributed by atoms with van der Waals surface area (Å²) in [5, 5.41) is 9.88. The lowest BCUT2D eigenvalue weighted by Crippen LogP contribution is -1.93. The maximum atomic E-state index is 10.6. The number of pyridine rings is 1. The summed E-state index contributed by atoms with van der Waals surface area (Å²) in [6, 6.07) is 12.1. The van der Waals surface area contributed by atoms with Gasteiger partial charge in [-0.3, -0.25) is 14.9 Å². The minimum atomic E-state index is -2.74. The first-order chi connectivity index (χ1) is 10.2. The van der Waals surface area contributed by atoms with Crippen molar-refractivity contribution in [2.75, 3.05) is 0 Å². The van der Waals surface area contributed by atoms with Crippen molar-refractivity contribution in [2.45, 2.75) is 0 Å². The van der Waals surface area contributed by atoms with Gasteiger partial charge in [-0.2, -0.15) is 8.42 Å². The number of aromatic nitrogens is 4. The molecule has 0 atom stereocenters. The molecule has 0 saturated carbocycles. The van der Waals surface area contributed by atoms with Crippen molar-refractivity contribution in [3.05, 3.63) is 54.5 Å². The molecule has 3 aromatic rings. The van der Waals surface area contributed by atoms with E-state index in [2.05, 4.69) is 36.9 Å². The van der Waals surface area contributed by atoms with E-state index in [9.17, 15) is 13.2 Å². The second-order valence-electron chi connectivity index (χ2n) is 3.67. The number of amides is 1. The van der Waals surface area contributed by atoms with Crippen LogP contribution in [0.1, 0.15) is 10.5 Å². The van der Waals surface area contributed by atoms with E-state index in [0.717, 1.165) is 11.7 Å². The van der Waals surface area contributed by atoms with Crippen LogP contribution < -0.4 is 0 Å². The van der Waals surface area contributed by atoms with Gasteiger partial charge < -0.3 is 0 Å². The highest BCUT2D eigenvalue weighted by Gasteiger charge is 2.06. The number of para-hydroxylation sites is 1. The molecule has 1 N–H and O–H groups in total. The SMILES string of the molecule is O=C(N=S(=O)=O)c1c[nH]nn1.c1ccc2ncccc2c1. The molecule has 0 saturated heterocycles. The predicted molar refractivity (Wildman–Crippen MR) is 73.8 cm³/mol. The molecule has 1 amide bonds. The normalized spacial score (nSPS) is 9.52. The van der Waals surface area contributed by atoms with Gasteiger partial charge >= 0.3 is 16.4 Å². The van der Waals surface area contributed by atoms with Crippen molar-refractivity contribution in [3.63, 3.8) is 0 Å². The number of H-pyrrole nitrogens is 1. The molecule has 0 unspecified atom stereocenters. The maximum Gasteiger partial charge on any atom is 0.319 e. The Hall–Kier alpha value is -2.94. The second kappa shape index (κ2) is 7.01. The number of carbonyl (C=O) groups is 1. The Bertz CT molecular complexity index is 801. The van der Waals surface area contributed by atoms with Gasteiger partial charge in [0.2, 0.25) is 0 Å². The molecule has 0 fully saturated rings. The number of hydrogen-bond acceptors (Lipinski definition) is 6. The summed E-state index contributed by atoms with van der Waals surface area (Å²) < 4.78 is 22.4. The van der Waals surface area contributed by atoms with Gasteiger partial charge in [-0.05, 0) is 12.1 Å². The summed E-state index contributed by atoms with van der Waals surface area (Å²) in [5.41, 5.74) is 0.930. The lowest BCUT2D eigenvalue weighted by atomic mass is 10.2. The molecule has 1 aromatic carbocycles. The number of aromatic amines is 1. The molecule has 2 aromatic heterocycles. The topological polar surface area (TPSA) is 118 Å². The van der Waals surface area contributed by atoms with Crippen molar-refractivity contribution in [3.8, 4) is 0 Å². The lowest BCUT2D eigenvalue weighted by Gasteiger charge is -1.91. The molecular weight excluding hydrogens is 294 g/mol. The first-order valence-corrected chi connectivity index (χ1v) is 6.71. The van der Waals surface area contributed by atoms with E-state index in [1.165, 1.54) is 5.39 Å². The Kier molecular flexibility index (Phi) is 4.83. The van der Waals surface area contributed by atoms with Gasteiger partial charge in [-0.25, -0.2) is 0 Å². The lowest BCUT2D eigenvalue weighted by molar-refractivity contribution is 0.100. The summed E-state index contributed by atoms with van der Waals surface area (Å²) in [4.78, 5) is 14.8. The quantitative estimate of drug-likeness (QED) is 0.722. The summed E-state index contributed by atoms with van der Waals surface area (Å²) in [6.45, 7) is 0. The zero-order valence-corrected chi connectivity index (χ0v) is 11.4. The van der Waals surface area contributed by atoms with E-state index in [1.807, 2.05) is 30.5 Å². The van der Waals surface area contributed by atoms with E-state index >= 15 is 0 Å². The van der Waals surface area contributed by atoms with Gasteiger partial charge in [-0.1, -0.05) is 33.8 Å². The van der Waals surface area contributed by atoms with Crippen LogP contribution in [0.4, 0.5) is 0 Å². The van der Waals surface area contributed by atoms with Crippen LogP contribution in [0.25, 0.3) is 10.9 Å². The monoisotopic (exact) mass is 303 g/mol. The maximum absolute atomic E-state index is 10.6. The predicted octanol–water partition coefficient (Wildman–Crippen LogP) is 1.24. The van der Waals surface area contributed by atoms with Crippen LogP contribution in [0.3, 0.4) is 0 Å². The number of carbonyl (C=O) groups excluding carboxylic acids is 1. The first kappa shape index (κ1) is 14.5. The zero-order valence-electron chi connectivity index (χ0n) is 10.5. The smallest absolute Gasteiger partial charge is 0.265 e. The second-order valence-corrected chi connectivity index (χ2v) is 4.29. The summed E-state index contributed by atoms with van der Waals surface area (Å²) in [5.74, 6) is -0.938. The molecular formula is C12H9N5O3S. The molecule has 8 nitrogen and oxygen atoms in total. The van der Waals surface area contributed by atoms with Gasteiger partial charge in [0.15, 0.2) is 5.69 Å². The van der Waals surface area contributed by atoms with Crippen LogP contribution >= 0.6 is 0 Å². The van der Waals surface area contributed by atoms with Crippen LogP contribution in [-0.4, -0.2) is 34.7 Å². The van der Waals surface area contributed by atoms with E-state index in [0.29, 0.717) is 0 Å². The third kappa shape index (κ3) is 4.28. The number of hydrogen-bond donors (Lipinski definition) is 1. The van der Waals surface area contributed by atoms with E-state index < -0.39 is 16.4 Å². The molecule has 0 radical (unpaired) electrons. The molecule has 2 heterocycles. The molecule has 0 aliphatic rings. The number of nitrogens with zero attached hydrogens (tertiary/aromatic N) is 4. The van der Waals surface area contributed by atoms with Crippen molar-refractivity contribution < 1.29 is 13.2 Å². The highest BCUT2D eigenvalue weighted by molar-refractivity contribution is 7.62. The number of rotatable bonds is 1. The average Bonchev–Trinajstić information content (AvgIpc) is 3.02. The van der Waals surface area contributed by atoms with Crippen molar-refractivity contribution >= 4 is 27.3 Å². The third-order valence-corrected chi connectivity index (χ3v) is 2.62. The number of fused-ring (bicyclic) bond motifs is 1. The van der Waals surface area contributed by atoms with Crippen LogP contribution in [-0.2, 0) is 10.5 Å². The van der Waals surface area contributed by atoms with Gasteiger partial charge in [0.05, 0.1) is 11.7 Å². The average molecular weight is 303 g/mol. The Morgan fingerprint density at radius 1 is 1.14 bits per heavy atom. The Balaban J connectivity index is 0.000000154. The molecule has 0 bridgehead atoms. The Labute approximate surface area is 120 Å². The van der Waals surface area contributed by atoms with Crippen LogP contribution in [0.15, 0.2) is 53.2 Å². The fourth-order valence-electron chi connectivity index (χ4n) is 1.44. The molecule has 106 valence electrons. The first-order valence-electron chi connectivity index (χ1n) is 5.68. The summed E-state index contributed by atoms with van der Waals surface area (Å²) in [7, 11) is -2.74.